The first-order valence-corrected chi connectivity index (χ1v) is 1.97. The van der Waals surface area contributed by atoms with Gasteiger partial charge in [0.25, 0.3) is 0 Å². The maximum atomic E-state index is 4.40. The van der Waals surface area contributed by atoms with E-state index in [-0.39, 0.29) is 51.4 Å². The van der Waals surface area contributed by atoms with Crippen LogP contribution in [0.5, 0.6) is 0 Å². The normalized spacial score (nSPS) is 5.50. The van der Waals surface area contributed by atoms with E-state index in [2.05, 4.69) is 30.2 Å². The van der Waals surface area contributed by atoms with Gasteiger partial charge in [0.2, 0.25) is 0 Å². The molecule has 0 rings (SSSR count). The van der Waals surface area contributed by atoms with Crippen LogP contribution in [0.25, 0.3) is 0 Å². The van der Waals surface area contributed by atoms with Crippen molar-refractivity contribution in [2.45, 2.75) is 0 Å². The van der Waals surface area contributed by atoms with Crippen molar-refractivity contribution in [3.8, 4) is 0 Å². The quantitative estimate of drug-likeness (QED) is 0.222. The topological polar surface area (TPSA) is 12.0 Å². The van der Waals surface area contributed by atoms with E-state index in [1.54, 1.807) is 7.05 Å². The second-order valence-electron chi connectivity index (χ2n) is 0.537. The molecule has 0 bridgehead atoms. The Kier molecular flexibility index (Phi) is 12.0. The Bertz CT molecular complexity index is 46.8. The van der Waals surface area contributed by atoms with Crippen LogP contribution >= 0.6 is 12.2 Å². The molecule has 0 fully saturated rings. The minimum atomic E-state index is 0. The van der Waals surface area contributed by atoms with Crippen molar-refractivity contribution in [1.29, 1.82) is 0 Å². The zero-order valence-electron chi connectivity index (χ0n) is 3.82. The van der Waals surface area contributed by atoms with Gasteiger partial charge in [-0.1, -0.05) is 4.32 Å². The van der Waals surface area contributed by atoms with Crippen LogP contribution in [0.1, 0.15) is 0 Å². The molecule has 0 amide bonds. The average molecular weight is 145 g/mol. The molecular formula is C2H4KNS2. The number of hydrogen-bond acceptors (Lipinski definition) is 2. The second kappa shape index (κ2) is 6.75. The van der Waals surface area contributed by atoms with E-state index < -0.39 is 0 Å². The molecular weight excluding hydrogens is 141 g/mol. The molecule has 0 atom stereocenters. The summed E-state index contributed by atoms with van der Waals surface area (Å²) in [5.41, 5.74) is 0. The van der Waals surface area contributed by atoms with Crippen LogP contribution in [0.3, 0.4) is 0 Å². The predicted octanol–water partition coefficient (Wildman–Crippen LogP) is -2.96. The smallest absolute Gasteiger partial charge is 0.412 e. The summed E-state index contributed by atoms with van der Waals surface area (Å²) >= 11 is 8.80. The first kappa shape index (κ1) is 10.7. The maximum absolute atomic E-state index is 4.40. The molecule has 0 aromatic carbocycles. The van der Waals surface area contributed by atoms with Crippen LogP contribution in [0.4, 0.5) is 0 Å². The third-order valence-corrected chi connectivity index (χ3v) is 0.612. The van der Waals surface area contributed by atoms with Gasteiger partial charge in [-0.25, -0.2) is 0 Å². The van der Waals surface area contributed by atoms with Crippen molar-refractivity contribution in [3.63, 3.8) is 0 Å². The Balaban J connectivity index is 0. The van der Waals surface area contributed by atoms with Gasteiger partial charge in [0, 0.05) is 7.05 Å². The Hall–Kier alpha value is 1.75. The van der Waals surface area contributed by atoms with Gasteiger partial charge in [-0.05, 0) is 0 Å². The standard InChI is InChI=1S/C2H5NS2.K/c1-3-2(4)5;/h1H3,(H2,3,4,5);/q;+1/p-1. The Morgan fingerprint density at radius 3 is 2.00 bits per heavy atom. The fourth-order valence-electron chi connectivity index (χ4n) is 0. The Morgan fingerprint density at radius 1 is 1.83 bits per heavy atom. The molecule has 1 N–H and O–H groups in total. The van der Waals surface area contributed by atoms with Gasteiger partial charge in [0.15, 0.2) is 0 Å². The molecule has 0 saturated heterocycles. The van der Waals surface area contributed by atoms with E-state index in [4.69, 9.17) is 0 Å². The summed E-state index contributed by atoms with van der Waals surface area (Å²) in [5.74, 6) is 0. The van der Waals surface area contributed by atoms with Crippen LogP contribution in [-0.4, -0.2) is 11.4 Å². The summed E-state index contributed by atoms with van der Waals surface area (Å²) in [6, 6.07) is 0. The third-order valence-electron chi connectivity index (χ3n) is 0.204. The summed E-state index contributed by atoms with van der Waals surface area (Å²) in [4.78, 5) is 0. The molecule has 0 aromatic rings. The molecule has 4 heteroatoms. The Labute approximate surface area is 91.1 Å². The minimum Gasteiger partial charge on any atom is -0.412 e. The molecule has 0 heterocycles. The van der Waals surface area contributed by atoms with Crippen molar-refractivity contribution < 1.29 is 51.4 Å². The van der Waals surface area contributed by atoms with E-state index in [9.17, 15) is 0 Å². The number of nitrogens with one attached hydrogen (secondary N) is 1. The number of rotatable bonds is 0. The van der Waals surface area contributed by atoms with Crippen LogP contribution in [-0.2, 0) is 12.6 Å². The maximum Gasteiger partial charge on any atom is 1.00 e. The molecule has 6 heavy (non-hydrogen) atoms. The monoisotopic (exact) mass is 145 g/mol. The van der Waals surface area contributed by atoms with E-state index in [1.807, 2.05) is 0 Å². The van der Waals surface area contributed by atoms with Crippen molar-refractivity contribution in [2.24, 2.45) is 0 Å². The SMILES string of the molecule is CNC(=S)[S-].[K+]. The molecule has 0 aliphatic heterocycles. The summed E-state index contributed by atoms with van der Waals surface area (Å²) in [6.07, 6.45) is 0. The molecule has 0 aliphatic rings. The van der Waals surface area contributed by atoms with Crippen LogP contribution < -0.4 is 56.7 Å². The molecule has 0 aromatic heterocycles. The van der Waals surface area contributed by atoms with Crippen LogP contribution in [0, 0.1) is 0 Å². The molecule has 0 aliphatic carbocycles. The van der Waals surface area contributed by atoms with Crippen molar-refractivity contribution in [1.82, 2.24) is 5.32 Å². The average Bonchev–Trinajstić information content (AvgIpc) is 1.38. The van der Waals surface area contributed by atoms with Gasteiger partial charge < -0.3 is 30.2 Å². The Morgan fingerprint density at radius 2 is 2.00 bits per heavy atom. The van der Waals surface area contributed by atoms with Gasteiger partial charge in [0.1, 0.15) is 0 Å². The van der Waals surface area contributed by atoms with Gasteiger partial charge in [0.05, 0.1) is 0 Å². The molecule has 0 spiro atoms. The summed E-state index contributed by atoms with van der Waals surface area (Å²) in [7, 11) is 1.70. The summed E-state index contributed by atoms with van der Waals surface area (Å²) in [6.45, 7) is 0. The van der Waals surface area contributed by atoms with E-state index >= 15 is 0 Å². The largest absolute Gasteiger partial charge is 1.00 e. The van der Waals surface area contributed by atoms with Gasteiger partial charge >= 0.3 is 51.4 Å². The fourth-order valence-corrected chi connectivity index (χ4v) is 0. The second-order valence-corrected chi connectivity index (χ2v) is 1.61. The third kappa shape index (κ3) is 9.22. The van der Waals surface area contributed by atoms with Crippen molar-refractivity contribution >= 4 is 29.2 Å². The van der Waals surface area contributed by atoms with Crippen molar-refractivity contribution in [2.75, 3.05) is 7.05 Å². The zero-order chi connectivity index (χ0) is 4.28. The van der Waals surface area contributed by atoms with E-state index in [0.717, 1.165) is 0 Å². The molecule has 0 saturated carbocycles. The van der Waals surface area contributed by atoms with Gasteiger partial charge in [-0.3, -0.25) is 0 Å². The fraction of sp³-hybridized carbons (Fsp3) is 0.500. The van der Waals surface area contributed by atoms with Gasteiger partial charge in [-0.15, -0.1) is 0 Å². The first-order chi connectivity index (χ1) is 2.27. The van der Waals surface area contributed by atoms with Crippen LogP contribution in [0.2, 0.25) is 0 Å². The summed E-state index contributed by atoms with van der Waals surface area (Å²) < 4.78 is 0.421. The minimum absolute atomic E-state index is 0. The van der Waals surface area contributed by atoms with Gasteiger partial charge in [-0.2, -0.15) is 0 Å². The predicted molar refractivity (Wildman–Crippen MR) is 29.0 cm³/mol. The van der Waals surface area contributed by atoms with Crippen LogP contribution in [0.15, 0.2) is 0 Å². The molecule has 0 unspecified atom stereocenters. The van der Waals surface area contributed by atoms with E-state index in [0.29, 0.717) is 4.32 Å². The molecule has 0 radical (unpaired) electrons. The molecule has 1 nitrogen and oxygen atoms in total. The van der Waals surface area contributed by atoms with E-state index in [1.165, 1.54) is 0 Å². The number of hydrogen-bond donors (Lipinski definition) is 1. The molecule has 30 valence electrons. The van der Waals surface area contributed by atoms with Crippen molar-refractivity contribution in [3.05, 3.63) is 0 Å². The zero-order valence-corrected chi connectivity index (χ0v) is 8.57. The summed E-state index contributed by atoms with van der Waals surface area (Å²) in [5, 5.41) is 2.57. The first-order valence-electron chi connectivity index (χ1n) is 1.16. The number of thiocarbonyl (C=S) groups is 1.